The van der Waals surface area contributed by atoms with Crippen molar-refractivity contribution in [3.8, 4) is 0 Å². The SMILES string of the molecule is NCC1CCCCC12NC(=O)N(Cc1ncccn1)C2=O. The van der Waals surface area contributed by atoms with Gasteiger partial charge in [-0.25, -0.2) is 14.8 Å². The molecule has 1 saturated heterocycles. The zero-order valence-electron chi connectivity index (χ0n) is 11.8. The molecule has 3 amide bonds. The zero-order chi connectivity index (χ0) is 14.9. The quantitative estimate of drug-likeness (QED) is 0.785. The number of aromatic nitrogens is 2. The number of hydrogen-bond donors (Lipinski definition) is 2. The Bertz CT molecular complexity index is 550. The number of amides is 3. The number of nitrogens with two attached hydrogens (primary N) is 1. The van der Waals surface area contributed by atoms with E-state index in [0.717, 1.165) is 19.3 Å². The number of imide groups is 1. The first-order chi connectivity index (χ1) is 10.2. The van der Waals surface area contributed by atoms with Gasteiger partial charge in [0.1, 0.15) is 11.4 Å². The second-order valence-electron chi connectivity index (χ2n) is 5.64. The predicted octanol–water partition coefficient (Wildman–Crippen LogP) is 0.416. The molecule has 21 heavy (non-hydrogen) atoms. The van der Waals surface area contributed by atoms with E-state index in [9.17, 15) is 9.59 Å². The van der Waals surface area contributed by atoms with Crippen LogP contribution in [0, 0.1) is 5.92 Å². The maximum Gasteiger partial charge on any atom is 0.325 e. The average Bonchev–Trinajstić information content (AvgIpc) is 2.74. The molecule has 1 aromatic heterocycles. The lowest BCUT2D eigenvalue weighted by atomic mass is 9.72. The molecule has 0 aromatic carbocycles. The standard InChI is InChI=1S/C14H19N5O2/c15-8-10-4-1-2-5-14(10)12(20)19(13(21)18-14)9-11-16-6-3-7-17-11/h3,6-7,10H,1-2,4-5,8-9,15H2,(H,18,21). The lowest BCUT2D eigenvalue weighted by molar-refractivity contribution is -0.134. The van der Waals surface area contributed by atoms with Gasteiger partial charge in [-0.15, -0.1) is 0 Å². The van der Waals surface area contributed by atoms with Gasteiger partial charge in [-0.05, 0) is 25.5 Å². The number of hydrogen-bond acceptors (Lipinski definition) is 5. The number of carbonyl (C=O) groups is 2. The van der Waals surface area contributed by atoms with Crippen LogP contribution in [0.4, 0.5) is 4.79 Å². The molecule has 7 heteroatoms. The summed E-state index contributed by atoms with van der Waals surface area (Å²) in [6, 6.07) is 1.33. The van der Waals surface area contributed by atoms with E-state index >= 15 is 0 Å². The lowest BCUT2D eigenvalue weighted by Gasteiger charge is -2.38. The molecule has 1 spiro atoms. The van der Waals surface area contributed by atoms with Crippen molar-refractivity contribution in [2.75, 3.05) is 6.54 Å². The van der Waals surface area contributed by atoms with E-state index < -0.39 is 5.54 Å². The maximum absolute atomic E-state index is 12.8. The maximum atomic E-state index is 12.8. The minimum Gasteiger partial charge on any atom is -0.330 e. The number of urea groups is 1. The smallest absolute Gasteiger partial charge is 0.325 e. The molecule has 2 unspecified atom stereocenters. The molecule has 0 bridgehead atoms. The fourth-order valence-corrected chi connectivity index (χ4v) is 3.35. The van der Waals surface area contributed by atoms with Crippen LogP contribution in [0.25, 0.3) is 0 Å². The van der Waals surface area contributed by atoms with E-state index in [1.165, 1.54) is 4.90 Å². The van der Waals surface area contributed by atoms with E-state index in [1.807, 2.05) is 0 Å². The van der Waals surface area contributed by atoms with E-state index in [2.05, 4.69) is 15.3 Å². The van der Waals surface area contributed by atoms with Crippen LogP contribution in [0.5, 0.6) is 0 Å². The molecule has 1 saturated carbocycles. The van der Waals surface area contributed by atoms with Gasteiger partial charge in [-0.2, -0.15) is 0 Å². The molecule has 7 nitrogen and oxygen atoms in total. The Balaban J connectivity index is 1.84. The van der Waals surface area contributed by atoms with Crippen LogP contribution in [0.15, 0.2) is 18.5 Å². The normalized spacial score (nSPS) is 29.0. The Morgan fingerprint density at radius 2 is 2.10 bits per heavy atom. The van der Waals surface area contributed by atoms with Crippen molar-refractivity contribution in [1.29, 1.82) is 0 Å². The predicted molar refractivity (Wildman–Crippen MR) is 74.9 cm³/mol. The first-order valence-corrected chi connectivity index (χ1v) is 7.27. The summed E-state index contributed by atoms with van der Waals surface area (Å²) in [6.07, 6.45) is 6.70. The third kappa shape index (κ3) is 2.27. The summed E-state index contributed by atoms with van der Waals surface area (Å²) < 4.78 is 0. The molecule has 1 aromatic rings. The van der Waals surface area contributed by atoms with Gasteiger partial charge in [-0.1, -0.05) is 12.8 Å². The zero-order valence-corrected chi connectivity index (χ0v) is 11.8. The Kier molecular flexibility index (Phi) is 3.59. The lowest BCUT2D eigenvalue weighted by Crippen LogP contribution is -2.56. The number of carbonyl (C=O) groups excluding carboxylic acids is 2. The number of nitrogens with one attached hydrogen (secondary N) is 1. The molecule has 3 rings (SSSR count). The van der Waals surface area contributed by atoms with Crippen molar-refractivity contribution in [1.82, 2.24) is 20.2 Å². The fourth-order valence-electron chi connectivity index (χ4n) is 3.35. The van der Waals surface area contributed by atoms with Crippen LogP contribution in [0.2, 0.25) is 0 Å². The second kappa shape index (κ2) is 5.40. The van der Waals surface area contributed by atoms with Gasteiger partial charge < -0.3 is 11.1 Å². The van der Waals surface area contributed by atoms with Crippen molar-refractivity contribution >= 4 is 11.9 Å². The molecule has 2 fully saturated rings. The minimum atomic E-state index is -0.821. The second-order valence-corrected chi connectivity index (χ2v) is 5.64. The van der Waals surface area contributed by atoms with Crippen LogP contribution in [-0.4, -0.2) is 38.9 Å². The van der Waals surface area contributed by atoms with Gasteiger partial charge in [0.05, 0.1) is 6.54 Å². The van der Waals surface area contributed by atoms with Crippen LogP contribution in [0.3, 0.4) is 0 Å². The van der Waals surface area contributed by atoms with Crippen molar-refractivity contribution in [2.45, 2.75) is 37.8 Å². The highest BCUT2D eigenvalue weighted by molar-refractivity contribution is 6.07. The Morgan fingerprint density at radius 3 is 2.81 bits per heavy atom. The average molecular weight is 289 g/mol. The van der Waals surface area contributed by atoms with E-state index in [-0.39, 0.29) is 24.4 Å². The minimum absolute atomic E-state index is 0.00407. The molecule has 2 aliphatic rings. The summed E-state index contributed by atoms with van der Waals surface area (Å²) in [5.74, 6) is 0.276. The largest absolute Gasteiger partial charge is 0.330 e. The molecule has 1 aliphatic carbocycles. The van der Waals surface area contributed by atoms with Crippen molar-refractivity contribution < 1.29 is 9.59 Å². The highest BCUT2D eigenvalue weighted by atomic mass is 16.2. The molecule has 2 atom stereocenters. The molecular weight excluding hydrogens is 270 g/mol. The monoisotopic (exact) mass is 289 g/mol. The Labute approximate surface area is 122 Å². The highest BCUT2D eigenvalue weighted by Gasteiger charge is 2.55. The summed E-state index contributed by atoms with van der Waals surface area (Å²) in [7, 11) is 0. The summed E-state index contributed by atoms with van der Waals surface area (Å²) >= 11 is 0. The van der Waals surface area contributed by atoms with Crippen LogP contribution in [0.1, 0.15) is 31.5 Å². The summed E-state index contributed by atoms with van der Waals surface area (Å²) in [5, 5.41) is 2.89. The molecule has 0 radical (unpaired) electrons. The van der Waals surface area contributed by atoms with Crippen molar-refractivity contribution in [3.05, 3.63) is 24.3 Å². The van der Waals surface area contributed by atoms with E-state index in [4.69, 9.17) is 5.73 Å². The summed E-state index contributed by atoms with van der Waals surface area (Å²) in [4.78, 5) is 34.4. The van der Waals surface area contributed by atoms with Gasteiger partial charge in [0, 0.05) is 18.3 Å². The molecule has 2 heterocycles. The van der Waals surface area contributed by atoms with Crippen LogP contribution < -0.4 is 11.1 Å². The summed E-state index contributed by atoms with van der Waals surface area (Å²) in [6.45, 7) is 0.506. The van der Waals surface area contributed by atoms with E-state index in [0.29, 0.717) is 18.8 Å². The third-order valence-corrected chi connectivity index (χ3v) is 4.48. The van der Waals surface area contributed by atoms with Crippen LogP contribution in [-0.2, 0) is 11.3 Å². The molecule has 3 N–H and O–H groups in total. The summed E-state index contributed by atoms with van der Waals surface area (Å²) in [5.41, 5.74) is 5.00. The van der Waals surface area contributed by atoms with Crippen molar-refractivity contribution in [3.63, 3.8) is 0 Å². The molecule has 112 valence electrons. The van der Waals surface area contributed by atoms with Gasteiger partial charge in [0.25, 0.3) is 5.91 Å². The molecular formula is C14H19N5O2. The van der Waals surface area contributed by atoms with E-state index in [1.54, 1.807) is 18.5 Å². The Hall–Kier alpha value is -2.02. The third-order valence-electron chi connectivity index (χ3n) is 4.48. The topological polar surface area (TPSA) is 101 Å². The fraction of sp³-hybridized carbons (Fsp3) is 0.571. The highest BCUT2D eigenvalue weighted by Crippen LogP contribution is 2.38. The molecule has 1 aliphatic heterocycles. The van der Waals surface area contributed by atoms with Gasteiger partial charge in [0.2, 0.25) is 0 Å². The Morgan fingerprint density at radius 1 is 1.33 bits per heavy atom. The van der Waals surface area contributed by atoms with Gasteiger partial charge >= 0.3 is 6.03 Å². The van der Waals surface area contributed by atoms with Gasteiger partial charge in [-0.3, -0.25) is 9.69 Å². The van der Waals surface area contributed by atoms with Gasteiger partial charge in [0.15, 0.2) is 0 Å². The number of nitrogens with zero attached hydrogens (tertiary/aromatic N) is 3. The van der Waals surface area contributed by atoms with Crippen molar-refractivity contribution in [2.24, 2.45) is 11.7 Å². The first-order valence-electron chi connectivity index (χ1n) is 7.27. The first kappa shape index (κ1) is 13.9. The number of rotatable bonds is 3. The van der Waals surface area contributed by atoms with Crippen LogP contribution >= 0.6 is 0 Å².